The lowest BCUT2D eigenvalue weighted by molar-refractivity contribution is -0.127. The van der Waals surface area contributed by atoms with E-state index in [-0.39, 0.29) is 5.92 Å². The summed E-state index contributed by atoms with van der Waals surface area (Å²) in [7, 11) is 2.11. The van der Waals surface area contributed by atoms with Crippen LogP contribution in [-0.4, -0.2) is 44.0 Å². The van der Waals surface area contributed by atoms with Gasteiger partial charge in [-0.3, -0.25) is 4.79 Å². The Morgan fingerprint density at radius 2 is 2.11 bits per heavy atom. The number of ether oxygens (including phenoxy) is 1. The third kappa shape index (κ3) is 5.23. The highest BCUT2D eigenvalue weighted by atomic mass is 16.5. The summed E-state index contributed by atoms with van der Waals surface area (Å²) in [5.41, 5.74) is 0.335. The molecule has 110 valence electrons. The Bertz CT molecular complexity index is 310. The van der Waals surface area contributed by atoms with Crippen molar-refractivity contribution in [3.63, 3.8) is 0 Å². The maximum absolute atomic E-state index is 12.0. The third-order valence-corrected chi connectivity index (χ3v) is 4.50. The SMILES string of the molecule is CN(CCOCC1CC1)CC1CC(C)(C)CCC1=O. The molecule has 0 aliphatic heterocycles. The second-order valence-electron chi connectivity index (χ2n) is 7.31. The smallest absolute Gasteiger partial charge is 0.137 e. The van der Waals surface area contributed by atoms with Crippen LogP contribution < -0.4 is 0 Å². The topological polar surface area (TPSA) is 29.5 Å². The fraction of sp³-hybridized carbons (Fsp3) is 0.938. The summed E-state index contributed by atoms with van der Waals surface area (Å²) in [5, 5.41) is 0. The van der Waals surface area contributed by atoms with Gasteiger partial charge in [-0.1, -0.05) is 13.8 Å². The first-order valence-electron chi connectivity index (χ1n) is 7.75. The fourth-order valence-corrected chi connectivity index (χ4v) is 2.94. The molecule has 0 heterocycles. The molecule has 3 heteroatoms. The standard InChI is InChI=1S/C16H29NO2/c1-16(2)7-6-15(18)14(10-16)11-17(3)8-9-19-12-13-4-5-13/h13-14H,4-12H2,1-3H3. The van der Waals surface area contributed by atoms with E-state index in [2.05, 4.69) is 25.8 Å². The molecule has 0 N–H and O–H groups in total. The molecule has 0 aromatic heterocycles. The highest BCUT2D eigenvalue weighted by molar-refractivity contribution is 5.82. The van der Waals surface area contributed by atoms with Gasteiger partial charge in [-0.15, -0.1) is 0 Å². The number of hydrogen-bond donors (Lipinski definition) is 0. The predicted octanol–water partition coefficient (Wildman–Crippen LogP) is 2.74. The van der Waals surface area contributed by atoms with Crippen LogP contribution in [-0.2, 0) is 9.53 Å². The Kier molecular flexibility index (Phi) is 5.02. The van der Waals surface area contributed by atoms with Crippen LogP contribution in [0.15, 0.2) is 0 Å². The first-order valence-corrected chi connectivity index (χ1v) is 7.75. The zero-order valence-electron chi connectivity index (χ0n) is 12.8. The molecular formula is C16H29NO2. The van der Waals surface area contributed by atoms with Crippen LogP contribution >= 0.6 is 0 Å². The Labute approximate surface area is 117 Å². The van der Waals surface area contributed by atoms with Crippen LogP contribution in [0, 0.1) is 17.3 Å². The van der Waals surface area contributed by atoms with Gasteiger partial charge in [0.05, 0.1) is 6.61 Å². The molecule has 2 aliphatic carbocycles. The van der Waals surface area contributed by atoms with Crippen molar-refractivity contribution in [1.82, 2.24) is 4.90 Å². The molecular weight excluding hydrogens is 238 g/mol. The number of carbonyl (C=O) groups excluding carboxylic acids is 1. The van der Waals surface area contributed by atoms with Crippen LogP contribution in [0.2, 0.25) is 0 Å². The minimum Gasteiger partial charge on any atom is -0.380 e. The Morgan fingerprint density at radius 3 is 2.79 bits per heavy atom. The number of ketones is 1. The van der Waals surface area contributed by atoms with E-state index >= 15 is 0 Å². The van der Waals surface area contributed by atoms with Gasteiger partial charge >= 0.3 is 0 Å². The molecule has 0 saturated heterocycles. The van der Waals surface area contributed by atoms with Gasteiger partial charge in [0.25, 0.3) is 0 Å². The van der Waals surface area contributed by atoms with E-state index in [0.29, 0.717) is 11.2 Å². The number of likely N-dealkylation sites (N-methyl/N-ethyl adjacent to an activating group) is 1. The lowest BCUT2D eigenvalue weighted by Gasteiger charge is -2.35. The molecule has 2 rings (SSSR count). The molecule has 0 bridgehead atoms. The zero-order chi connectivity index (χ0) is 13.9. The number of carbonyl (C=O) groups is 1. The minimum absolute atomic E-state index is 0.234. The van der Waals surface area contributed by atoms with Crippen LogP contribution in [0.3, 0.4) is 0 Å². The van der Waals surface area contributed by atoms with E-state index in [0.717, 1.165) is 51.5 Å². The molecule has 3 nitrogen and oxygen atoms in total. The van der Waals surface area contributed by atoms with Gasteiger partial charge in [0, 0.05) is 32.0 Å². The van der Waals surface area contributed by atoms with E-state index in [1.807, 2.05) is 0 Å². The van der Waals surface area contributed by atoms with Crippen molar-refractivity contribution in [2.45, 2.75) is 46.0 Å². The van der Waals surface area contributed by atoms with Crippen molar-refractivity contribution >= 4 is 5.78 Å². The highest BCUT2D eigenvalue weighted by Crippen LogP contribution is 2.36. The second-order valence-corrected chi connectivity index (χ2v) is 7.31. The Hall–Kier alpha value is -0.410. The van der Waals surface area contributed by atoms with Gasteiger partial charge in [-0.05, 0) is 44.1 Å². The third-order valence-electron chi connectivity index (χ3n) is 4.50. The predicted molar refractivity (Wildman–Crippen MR) is 77.2 cm³/mol. The number of Topliss-reactive ketones (excluding diaryl/α,β-unsaturated/α-hetero) is 1. The van der Waals surface area contributed by atoms with Gasteiger partial charge in [0.15, 0.2) is 0 Å². The maximum Gasteiger partial charge on any atom is 0.137 e. The van der Waals surface area contributed by atoms with Crippen molar-refractivity contribution < 1.29 is 9.53 Å². The Balaban J connectivity index is 1.64. The molecule has 0 amide bonds. The summed E-state index contributed by atoms with van der Waals surface area (Å²) in [5.74, 6) is 1.54. The number of nitrogens with zero attached hydrogens (tertiary/aromatic N) is 1. The van der Waals surface area contributed by atoms with Gasteiger partial charge < -0.3 is 9.64 Å². The Morgan fingerprint density at radius 1 is 1.37 bits per heavy atom. The van der Waals surface area contributed by atoms with E-state index in [4.69, 9.17) is 4.74 Å². The molecule has 0 aromatic rings. The second kappa shape index (κ2) is 6.36. The highest BCUT2D eigenvalue weighted by Gasteiger charge is 2.33. The van der Waals surface area contributed by atoms with Crippen LogP contribution in [0.25, 0.3) is 0 Å². The van der Waals surface area contributed by atoms with Gasteiger partial charge in [-0.2, -0.15) is 0 Å². The molecule has 1 unspecified atom stereocenters. The van der Waals surface area contributed by atoms with Crippen LogP contribution in [0.4, 0.5) is 0 Å². The number of rotatable bonds is 7. The van der Waals surface area contributed by atoms with Crippen LogP contribution in [0.1, 0.15) is 46.0 Å². The summed E-state index contributed by atoms with van der Waals surface area (Å²) >= 11 is 0. The monoisotopic (exact) mass is 267 g/mol. The zero-order valence-corrected chi connectivity index (χ0v) is 12.8. The molecule has 2 fully saturated rings. The van der Waals surface area contributed by atoms with Crippen molar-refractivity contribution in [1.29, 1.82) is 0 Å². The molecule has 0 radical (unpaired) electrons. The lowest BCUT2D eigenvalue weighted by atomic mass is 9.71. The van der Waals surface area contributed by atoms with Crippen LogP contribution in [0.5, 0.6) is 0 Å². The fourth-order valence-electron chi connectivity index (χ4n) is 2.94. The maximum atomic E-state index is 12.0. The first kappa shape index (κ1) is 15.0. The first-order chi connectivity index (χ1) is 8.96. The van der Waals surface area contributed by atoms with Crippen molar-refractivity contribution in [2.75, 3.05) is 33.4 Å². The molecule has 1 atom stereocenters. The molecule has 0 aromatic carbocycles. The molecule has 0 spiro atoms. The van der Waals surface area contributed by atoms with E-state index in [1.165, 1.54) is 12.8 Å². The summed E-state index contributed by atoms with van der Waals surface area (Å²) in [4.78, 5) is 14.2. The average molecular weight is 267 g/mol. The number of hydrogen-bond acceptors (Lipinski definition) is 3. The van der Waals surface area contributed by atoms with E-state index in [1.54, 1.807) is 0 Å². The van der Waals surface area contributed by atoms with E-state index in [9.17, 15) is 4.79 Å². The summed E-state index contributed by atoms with van der Waals surface area (Å²) in [6.07, 6.45) is 5.56. The quantitative estimate of drug-likeness (QED) is 0.664. The normalized spacial score (nSPS) is 26.9. The van der Waals surface area contributed by atoms with Gasteiger partial charge in [0.2, 0.25) is 0 Å². The van der Waals surface area contributed by atoms with E-state index < -0.39 is 0 Å². The van der Waals surface area contributed by atoms with Crippen molar-refractivity contribution in [3.8, 4) is 0 Å². The lowest BCUT2D eigenvalue weighted by Crippen LogP contribution is -2.38. The molecule has 2 aliphatic rings. The molecule has 19 heavy (non-hydrogen) atoms. The molecule has 2 saturated carbocycles. The van der Waals surface area contributed by atoms with Gasteiger partial charge in [0.1, 0.15) is 5.78 Å². The summed E-state index contributed by atoms with van der Waals surface area (Å²) in [6, 6.07) is 0. The van der Waals surface area contributed by atoms with Gasteiger partial charge in [-0.25, -0.2) is 0 Å². The largest absolute Gasteiger partial charge is 0.380 e. The van der Waals surface area contributed by atoms with Crippen molar-refractivity contribution in [2.24, 2.45) is 17.3 Å². The minimum atomic E-state index is 0.234. The summed E-state index contributed by atoms with van der Waals surface area (Å²) in [6.45, 7) is 8.14. The van der Waals surface area contributed by atoms with Crippen molar-refractivity contribution in [3.05, 3.63) is 0 Å². The summed E-state index contributed by atoms with van der Waals surface area (Å²) < 4.78 is 5.66. The average Bonchev–Trinajstić information content (AvgIpc) is 3.13.